The summed E-state index contributed by atoms with van der Waals surface area (Å²) in [5.41, 5.74) is 0.772. The first kappa shape index (κ1) is 21.4. The zero-order chi connectivity index (χ0) is 16.2. The fraction of sp³-hybridized carbons (Fsp3) is 0.500. The number of rotatable bonds is 10. The number of nitrogens with one attached hydrogen (secondary N) is 3. The number of hydrogen-bond acceptors (Lipinski definition) is 4. The lowest BCUT2D eigenvalue weighted by atomic mass is 10.1. The summed E-state index contributed by atoms with van der Waals surface area (Å²) in [6, 6.07) is 8.57. The predicted octanol–water partition coefficient (Wildman–Crippen LogP) is 1.03. The highest BCUT2D eigenvalue weighted by atomic mass is 35.5. The molecule has 1 rings (SSSR count). The molecule has 1 aromatic rings. The number of benzene rings is 1. The van der Waals surface area contributed by atoms with Crippen LogP contribution in [0.1, 0.15) is 24.9 Å². The summed E-state index contributed by atoms with van der Waals surface area (Å²) in [6.07, 6.45) is 0.342. The van der Waals surface area contributed by atoms with E-state index < -0.39 is 6.04 Å². The van der Waals surface area contributed by atoms with E-state index >= 15 is 0 Å². The van der Waals surface area contributed by atoms with Crippen molar-refractivity contribution in [2.75, 3.05) is 33.4 Å². The summed E-state index contributed by atoms with van der Waals surface area (Å²) in [5.74, 6) is -0.358. The zero-order valence-corrected chi connectivity index (χ0v) is 14.4. The Morgan fingerprint density at radius 3 is 2.43 bits per heavy atom. The van der Waals surface area contributed by atoms with Gasteiger partial charge in [0.1, 0.15) is 6.04 Å². The van der Waals surface area contributed by atoms with Crippen LogP contribution < -0.4 is 16.0 Å². The molecule has 23 heavy (non-hydrogen) atoms. The van der Waals surface area contributed by atoms with Gasteiger partial charge in [0.15, 0.2) is 0 Å². The van der Waals surface area contributed by atoms with E-state index in [0.717, 1.165) is 12.1 Å². The van der Waals surface area contributed by atoms with Gasteiger partial charge >= 0.3 is 0 Å². The number of methoxy groups -OCH3 is 1. The fourth-order valence-corrected chi connectivity index (χ4v) is 1.88. The Morgan fingerprint density at radius 2 is 1.83 bits per heavy atom. The number of hydrogen-bond donors (Lipinski definition) is 3. The summed E-state index contributed by atoms with van der Waals surface area (Å²) < 4.78 is 4.92. The van der Waals surface area contributed by atoms with Crippen molar-refractivity contribution in [3.05, 3.63) is 35.9 Å². The van der Waals surface area contributed by atoms with Crippen LogP contribution in [0.5, 0.6) is 0 Å². The monoisotopic (exact) mass is 343 g/mol. The highest BCUT2D eigenvalue weighted by Gasteiger charge is 2.21. The molecule has 6 nitrogen and oxygen atoms in total. The van der Waals surface area contributed by atoms with E-state index in [1.165, 1.54) is 0 Å². The second kappa shape index (κ2) is 12.9. The topological polar surface area (TPSA) is 79.5 Å². The van der Waals surface area contributed by atoms with Crippen molar-refractivity contribution in [2.45, 2.75) is 19.4 Å². The van der Waals surface area contributed by atoms with Crippen molar-refractivity contribution in [3.8, 4) is 0 Å². The first-order valence-electron chi connectivity index (χ1n) is 7.50. The molecule has 0 aliphatic rings. The lowest BCUT2D eigenvalue weighted by Crippen LogP contribution is -2.42. The molecule has 3 N–H and O–H groups in total. The quantitative estimate of drug-likeness (QED) is 0.554. The standard InChI is InChI=1S/C16H25N3O3.ClH/c1-3-14(20)19-15(13-7-5-4-6-8-13)16(21)18-10-9-17-11-12-22-2;/h4-8,15,17H,3,9-12H2,1-2H3,(H,18,21)(H,19,20);1H. The van der Waals surface area contributed by atoms with Crippen LogP contribution >= 0.6 is 12.4 Å². The van der Waals surface area contributed by atoms with Gasteiger partial charge in [-0.25, -0.2) is 0 Å². The van der Waals surface area contributed by atoms with Gasteiger partial charge in [-0.15, -0.1) is 12.4 Å². The molecular weight excluding hydrogens is 318 g/mol. The fourth-order valence-electron chi connectivity index (χ4n) is 1.88. The first-order valence-corrected chi connectivity index (χ1v) is 7.50. The number of carbonyl (C=O) groups is 2. The van der Waals surface area contributed by atoms with Crippen molar-refractivity contribution < 1.29 is 14.3 Å². The van der Waals surface area contributed by atoms with Crippen LogP contribution in [0, 0.1) is 0 Å². The Hall–Kier alpha value is -1.63. The molecule has 0 radical (unpaired) electrons. The predicted molar refractivity (Wildman–Crippen MR) is 92.6 cm³/mol. The maximum absolute atomic E-state index is 12.3. The van der Waals surface area contributed by atoms with Crippen LogP contribution in [0.25, 0.3) is 0 Å². The summed E-state index contributed by atoms with van der Waals surface area (Å²) in [7, 11) is 1.64. The van der Waals surface area contributed by atoms with E-state index in [0.29, 0.717) is 26.1 Å². The number of amides is 2. The molecule has 0 fully saturated rings. The molecule has 7 heteroatoms. The molecule has 0 aromatic heterocycles. The molecule has 0 aliphatic carbocycles. The molecule has 2 amide bonds. The van der Waals surface area contributed by atoms with Gasteiger partial charge in [0.2, 0.25) is 11.8 Å². The molecule has 0 bridgehead atoms. The smallest absolute Gasteiger partial charge is 0.247 e. The molecule has 0 saturated heterocycles. The van der Waals surface area contributed by atoms with E-state index in [9.17, 15) is 9.59 Å². The first-order chi connectivity index (χ1) is 10.7. The van der Waals surface area contributed by atoms with Gasteiger partial charge in [0.05, 0.1) is 6.61 Å². The van der Waals surface area contributed by atoms with Crippen LogP contribution in [0.4, 0.5) is 0 Å². The molecule has 0 saturated carbocycles. The largest absolute Gasteiger partial charge is 0.383 e. The average molecular weight is 344 g/mol. The van der Waals surface area contributed by atoms with Crippen LogP contribution in [0.3, 0.4) is 0 Å². The Kier molecular flexibility index (Phi) is 12.0. The van der Waals surface area contributed by atoms with Crippen molar-refractivity contribution >= 4 is 24.2 Å². The Morgan fingerprint density at radius 1 is 1.13 bits per heavy atom. The molecule has 1 aromatic carbocycles. The number of carbonyl (C=O) groups excluding carboxylic acids is 2. The Labute approximate surface area is 143 Å². The minimum atomic E-state index is -0.660. The van der Waals surface area contributed by atoms with Crippen LogP contribution in [-0.4, -0.2) is 45.2 Å². The third-order valence-corrected chi connectivity index (χ3v) is 3.11. The highest BCUT2D eigenvalue weighted by Crippen LogP contribution is 2.12. The van der Waals surface area contributed by atoms with Crippen LogP contribution in [-0.2, 0) is 14.3 Å². The van der Waals surface area contributed by atoms with E-state index in [2.05, 4.69) is 16.0 Å². The van der Waals surface area contributed by atoms with Gasteiger partial charge in [-0.05, 0) is 5.56 Å². The minimum Gasteiger partial charge on any atom is -0.383 e. The van der Waals surface area contributed by atoms with Gasteiger partial charge in [-0.3, -0.25) is 9.59 Å². The third kappa shape index (κ3) is 8.54. The molecule has 1 atom stereocenters. The number of ether oxygens (including phenoxy) is 1. The third-order valence-electron chi connectivity index (χ3n) is 3.11. The molecular formula is C16H26ClN3O3. The van der Waals surface area contributed by atoms with Gasteiger partial charge in [-0.1, -0.05) is 37.3 Å². The van der Waals surface area contributed by atoms with E-state index in [-0.39, 0.29) is 24.2 Å². The summed E-state index contributed by atoms with van der Waals surface area (Å²) in [6.45, 7) is 4.27. The zero-order valence-electron chi connectivity index (χ0n) is 13.6. The van der Waals surface area contributed by atoms with Gasteiger partial charge in [0, 0.05) is 33.2 Å². The Bertz CT molecular complexity index is 457. The lowest BCUT2D eigenvalue weighted by molar-refractivity contribution is -0.129. The molecule has 0 aliphatic heterocycles. The summed E-state index contributed by atoms with van der Waals surface area (Å²) >= 11 is 0. The van der Waals surface area contributed by atoms with E-state index in [1.807, 2.05) is 30.3 Å². The van der Waals surface area contributed by atoms with Crippen molar-refractivity contribution in [1.29, 1.82) is 0 Å². The lowest BCUT2D eigenvalue weighted by Gasteiger charge is -2.18. The minimum absolute atomic E-state index is 0. The molecule has 0 heterocycles. The van der Waals surface area contributed by atoms with Crippen LogP contribution in [0.15, 0.2) is 30.3 Å². The second-order valence-corrected chi connectivity index (χ2v) is 4.80. The van der Waals surface area contributed by atoms with Crippen molar-refractivity contribution in [2.24, 2.45) is 0 Å². The second-order valence-electron chi connectivity index (χ2n) is 4.80. The number of halogens is 1. The maximum atomic E-state index is 12.3. The summed E-state index contributed by atoms with van der Waals surface area (Å²) in [5, 5.41) is 8.73. The van der Waals surface area contributed by atoms with E-state index in [1.54, 1.807) is 14.0 Å². The summed E-state index contributed by atoms with van der Waals surface area (Å²) in [4.78, 5) is 23.9. The Balaban J connectivity index is 0.00000484. The van der Waals surface area contributed by atoms with Gasteiger partial charge in [0.25, 0.3) is 0 Å². The van der Waals surface area contributed by atoms with Crippen molar-refractivity contribution in [3.63, 3.8) is 0 Å². The highest BCUT2D eigenvalue weighted by molar-refractivity contribution is 5.88. The maximum Gasteiger partial charge on any atom is 0.247 e. The molecule has 1 unspecified atom stereocenters. The molecule has 130 valence electrons. The van der Waals surface area contributed by atoms with Gasteiger partial charge < -0.3 is 20.7 Å². The normalized spacial score (nSPS) is 11.2. The van der Waals surface area contributed by atoms with Crippen LogP contribution in [0.2, 0.25) is 0 Å². The van der Waals surface area contributed by atoms with E-state index in [4.69, 9.17) is 4.74 Å². The van der Waals surface area contributed by atoms with Crippen molar-refractivity contribution in [1.82, 2.24) is 16.0 Å². The van der Waals surface area contributed by atoms with Gasteiger partial charge in [-0.2, -0.15) is 0 Å². The SMILES string of the molecule is CCC(=O)NC(C(=O)NCCNCCOC)c1ccccc1.Cl. The molecule has 0 spiro atoms. The average Bonchev–Trinajstić information content (AvgIpc) is 2.56.